The number of aryl methyl sites for hydroxylation is 1. The van der Waals surface area contributed by atoms with Crippen LogP contribution in [0.15, 0.2) is 48.5 Å². The molecule has 0 saturated carbocycles. The van der Waals surface area contributed by atoms with Crippen molar-refractivity contribution in [2.75, 3.05) is 44.7 Å². The molecule has 1 aliphatic rings. The lowest BCUT2D eigenvalue weighted by molar-refractivity contribution is -0.123. The van der Waals surface area contributed by atoms with Gasteiger partial charge in [-0.15, -0.1) is 0 Å². The van der Waals surface area contributed by atoms with Crippen LogP contribution in [0.5, 0.6) is 5.75 Å². The minimum absolute atomic E-state index is 0.0320. The van der Waals surface area contributed by atoms with E-state index in [-0.39, 0.29) is 12.5 Å². The van der Waals surface area contributed by atoms with Crippen LogP contribution in [0.2, 0.25) is 0 Å². The Bertz CT molecular complexity index is 722. The third-order valence-corrected chi connectivity index (χ3v) is 4.75. The highest BCUT2D eigenvalue weighted by atomic mass is 16.5. The van der Waals surface area contributed by atoms with Gasteiger partial charge < -0.3 is 19.9 Å². The van der Waals surface area contributed by atoms with Gasteiger partial charge in [0.15, 0.2) is 6.61 Å². The Labute approximate surface area is 155 Å². The predicted octanol–water partition coefficient (Wildman–Crippen LogP) is 2.44. The molecule has 26 heavy (non-hydrogen) atoms. The Hall–Kier alpha value is -2.53. The van der Waals surface area contributed by atoms with Crippen molar-refractivity contribution in [3.8, 4) is 5.75 Å². The van der Waals surface area contributed by atoms with Crippen molar-refractivity contribution in [1.29, 1.82) is 0 Å². The Morgan fingerprint density at radius 1 is 1.04 bits per heavy atom. The van der Waals surface area contributed by atoms with E-state index in [1.807, 2.05) is 31.2 Å². The summed E-state index contributed by atoms with van der Waals surface area (Å²) in [6, 6.07) is 16.1. The Morgan fingerprint density at radius 3 is 2.42 bits per heavy atom. The summed E-state index contributed by atoms with van der Waals surface area (Å²) >= 11 is 0. The number of nitrogens with one attached hydrogen (secondary N) is 1. The lowest BCUT2D eigenvalue weighted by Gasteiger charge is -2.34. The summed E-state index contributed by atoms with van der Waals surface area (Å²) in [5.41, 5.74) is 3.36. The van der Waals surface area contributed by atoms with Gasteiger partial charge in [0.1, 0.15) is 5.75 Å². The van der Waals surface area contributed by atoms with Crippen molar-refractivity contribution < 1.29 is 9.53 Å². The van der Waals surface area contributed by atoms with Gasteiger partial charge in [-0.05, 0) is 43.3 Å². The van der Waals surface area contributed by atoms with Crippen LogP contribution in [0.4, 0.5) is 5.69 Å². The third kappa shape index (κ3) is 4.99. The Kier molecular flexibility index (Phi) is 6.12. The predicted molar refractivity (Wildman–Crippen MR) is 105 cm³/mol. The molecule has 1 aliphatic heterocycles. The second kappa shape index (κ2) is 8.72. The maximum absolute atomic E-state index is 12.0. The number of carbonyl (C=O) groups excluding carboxylic acids is 1. The Morgan fingerprint density at radius 2 is 1.73 bits per heavy atom. The van der Waals surface area contributed by atoms with Gasteiger partial charge in [-0.2, -0.15) is 0 Å². The SMILES string of the molecule is Cc1ccccc1OCC(=O)NCc1ccc(N2CCN(C)CC2)cc1. The number of para-hydroxylation sites is 1. The lowest BCUT2D eigenvalue weighted by Crippen LogP contribution is -2.44. The molecule has 5 heteroatoms. The average Bonchev–Trinajstić information content (AvgIpc) is 2.67. The summed E-state index contributed by atoms with van der Waals surface area (Å²) in [6.45, 7) is 6.82. The quantitative estimate of drug-likeness (QED) is 0.866. The maximum atomic E-state index is 12.0. The summed E-state index contributed by atoms with van der Waals surface area (Å²) in [5, 5.41) is 2.91. The highest BCUT2D eigenvalue weighted by Crippen LogP contribution is 2.17. The zero-order valence-electron chi connectivity index (χ0n) is 15.6. The van der Waals surface area contributed by atoms with Crippen LogP contribution >= 0.6 is 0 Å². The number of carbonyl (C=O) groups is 1. The number of rotatable bonds is 6. The van der Waals surface area contributed by atoms with Crippen LogP contribution in [0.3, 0.4) is 0 Å². The van der Waals surface area contributed by atoms with Crippen molar-refractivity contribution in [2.45, 2.75) is 13.5 Å². The van der Waals surface area contributed by atoms with Crippen molar-refractivity contribution in [3.05, 3.63) is 59.7 Å². The van der Waals surface area contributed by atoms with E-state index < -0.39 is 0 Å². The van der Waals surface area contributed by atoms with Crippen LogP contribution in [0.25, 0.3) is 0 Å². The number of anilines is 1. The first-order chi connectivity index (χ1) is 12.6. The van der Waals surface area contributed by atoms with Gasteiger partial charge in [0.2, 0.25) is 0 Å². The average molecular weight is 353 g/mol. The van der Waals surface area contributed by atoms with Crippen LogP contribution in [0.1, 0.15) is 11.1 Å². The number of benzene rings is 2. The fraction of sp³-hybridized carbons (Fsp3) is 0.381. The summed E-state index contributed by atoms with van der Waals surface area (Å²) in [7, 11) is 2.16. The van der Waals surface area contributed by atoms with E-state index in [0.717, 1.165) is 43.1 Å². The first-order valence-corrected chi connectivity index (χ1v) is 9.09. The van der Waals surface area contributed by atoms with E-state index in [9.17, 15) is 4.79 Å². The fourth-order valence-electron chi connectivity index (χ4n) is 3.00. The summed E-state index contributed by atoms with van der Waals surface area (Å²) < 4.78 is 5.57. The van der Waals surface area contributed by atoms with Gasteiger partial charge in [0.05, 0.1) is 0 Å². The number of nitrogens with zero attached hydrogens (tertiary/aromatic N) is 2. The van der Waals surface area contributed by atoms with Crippen molar-refractivity contribution >= 4 is 11.6 Å². The van der Waals surface area contributed by atoms with Gasteiger partial charge >= 0.3 is 0 Å². The summed E-state index contributed by atoms with van der Waals surface area (Å²) in [4.78, 5) is 16.7. The van der Waals surface area contributed by atoms with E-state index in [1.54, 1.807) is 0 Å². The molecule has 1 saturated heterocycles. The van der Waals surface area contributed by atoms with Gasteiger partial charge in [-0.1, -0.05) is 30.3 Å². The number of piperazine rings is 1. The fourth-order valence-corrected chi connectivity index (χ4v) is 3.00. The molecule has 1 N–H and O–H groups in total. The molecule has 1 fully saturated rings. The maximum Gasteiger partial charge on any atom is 0.258 e. The highest BCUT2D eigenvalue weighted by Gasteiger charge is 2.14. The molecule has 0 unspecified atom stereocenters. The molecule has 3 rings (SSSR count). The molecule has 138 valence electrons. The van der Waals surface area contributed by atoms with E-state index in [1.165, 1.54) is 5.69 Å². The largest absolute Gasteiger partial charge is 0.484 e. The first kappa shape index (κ1) is 18.3. The monoisotopic (exact) mass is 353 g/mol. The molecular formula is C21H27N3O2. The molecule has 2 aromatic rings. The molecule has 5 nitrogen and oxygen atoms in total. The summed E-state index contributed by atoms with van der Waals surface area (Å²) in [5.74, 6) is 0.635. The number of amides is 1. The van der Waals surface area contributed by atoms with E-state index in [2.05, 4.69) is 46.4 Å². The van der Waals surface area contributed by atoms with Crippen LogP contribution in [-0.2, 0) is 11.3 Å². The smallest absolute Gasteiger partial charge is 0.258 e. The van der Waals surface area contributed by atoms with Crippen LogP contribution in [0, 0.1) is 6.92 Å². The molecule has 0 aliphatic carbocycles. The number of ether oxygens (including phenoxy) is 1. The second-order valence-corrected chi connectivity index (χ2v) is 6.79. The number of hydrogen-bond acceptors (Lipinski definition) is 4. The topological polar surface area (TPSA) is 44.8 Å². The van der Waals surface area contributed by atoms with E-state index in [0.29, 0.717) is 6.54 Å². The summed E-state index contributed by atoms with van der Waals surface area (Å²) in [6.07, 6.45) is 0. The Balaban J connectivity index is 1.44. The molecule has 0 radical (unpaired) electrons. The third-order valence-electron chi connectivity index (χ3n) is 4.75. The zero-order chi connectivity index (χ0) is 18.4. The number of likely N-dealkylation sites (N-methyl/N-ethyl adjacent to an activating group) is 1. The van der Waals surface area contributed by atoms with Crippen LogP contribution < -0.4 is 15.0 Å². The lowest BCUT2D eigenvalue weighted by atomic mass is 10.2. The molecule has 0 aromatic heterocycles. The molecule has 0 atom stereocenters. The van der Waals surface area contributed by atoms with Crippen molar-refractivity contribution in [2.24, 2.45) is 0 Å². The van der Waals surface area contributed by atoms with Gasteiger partial charge in [0.25, 0.3) is 5.91 Å². The number of hydrogen-bond donors (Lipinski definition) is 1. The van der Waals surface area contributed by atoms with E-state index >= 15 is 0 Å². The molecule has 0 spiro atoms. The standard InChI is InChI=1S/C21H27N3O2/c1-17-5-3-4-6-20(17)26-16-21(25)22-15-18-7-9-19(10-8-18)24-13-11-23(2)12-14-24/h3-10H,11-16H2,1-2H3,(H,22,25). The van der Waals surface area contributed by atoms with Gasteiger partial charge in [-0.25, -0.2) is 0 Å². The molecule has 1 amide bonds. The van der Waals surface area contributed by atoms with Gasteiger partial charge in [0, 0.05) is 38.4 Å². The molecule has 2 aromatic carbocycles. The zero-order valence-corrected chi connectivity index (χ0v) is 15.6. The minimum Gasteiger partial charge on any atom is -0.484 e. The molecule has 0 bridgehead atoms. The van der Waals surface area contributed by atoms with Crippen molar-refractivity contribution in [1.82, 2.24) is 10.2 Å². The van der Waals surface area contributed by atoms with Gasteiger partial charge in [-0.3, -0.25) is 4.79 Å². The highest BCUT2D eigenvalue weighted by molar-refractivity contribution is 5.77. The molecular weight excluding hydrogens is 326 g/mol. The minimum atomic E-state index is -0.114. The van der Waals surface area contributed by atoms with Crippen LogP contribution in [-0.4, -0.2) is 50.6 Å². The molecule has 1 heterocycles. The first-order valence-electron chi connectivity index (χ1n) is 9.09. The second-order valence-electron chi connectivity index (χ2n) is 6.79. The normalized spacial score (nSPS) is 14.9. The van der Waals surface area contributed by atoms with Crippen molar-refractivity contribution in [3.63, 3.8) is 0 Å². The van der Waals surface area contributed by atoms with E-state index in [4.69, 9.17) is 4.74 Å².